The zero-order chi connectivity index (χ0) is 10.6. The zero-order valence-electron chi connectivity index (χ0n) is 9.97. The number of hydrogen-bond donors (Lipinski definition) is 0. The molecule has 0 nitrogen and oxygen atoms in total. The molecule has 0 radical (unpaired) electrons. The van der Waals surface area contributed by atoms with Gasteiger partial charge in [-0.15, -0.1) is 0 Å². The van der Waals surface area contributed by atoms with Gasteiger partial charge in [-0.25, -0.2) is 8.75 Å². The molecule has 0 amide bonds. The number of unbranched alkanes of at least 4 members (excludes halogenated alkanes) is 1. The van der Waals surface area contributed by atoms with Gasteiger partial charge >= 0.3 is 0 Å². The molecule has 0 bridgehead atoms. The second-order valence-corrected chi connectivity index (χ2v) is 11.3. The van der Waals surface area contributed by atoms with Crippen LogP contribution < -0.4 is 0 Å². The Hall–Kier alpha value is -0.0400. The maximum atomic E-state index is 3.85. The molecule has 0 heterocycles. The minimum Gasteiger partial charge on any atom is -0.248 e. The van der Waals surface area contributed by atoms with E-state index in [1.807, 2.05) is 6.08 Å². The Morgan fingerprint density at radius 2 is 1.85 bits per heavy atom. The van der Waals surface area contributed by atoms with Crippen LogP contribution in [0.15, 0.2) is 12.7 Å². The van der Waals surface area contributed by atoms with Crippen molar-refractivity contribution in [3.63, 3.8) is 0 Å². The van der Waals surface area contributed by atoms with E-state index in [0.29, 0.717) is 0 Å². The summed E-state index contributed by atoms with van der Waals surface area (Å²) in [7, 11) is -1.31. The molecular formula is C12H26S. The Morgan fingerprint density at radius 1 is 1.31 bits per heavy atom. The normalized spacial score (nSPS) is 15.1. The van der Waals surface area contributed by atoms with Crippen LogP contribution in [-0.2, 0) is 0 Å². The molecular weight excluding hydrogens is 176 g/mol. The van der Waals surface area contributed by atoms with Crippen LogP contribution in [0.3, 0.4) is 0 Å². The molecule has 0 saturated heterocycles. The molecule has 0 atom stereocenters. The third-order valence-corrected chi connectivity index (χ3v) is 8.99. The first-order valence-electron chi connectivity index (χ1n) is 5.18. The summed E-state index contributed by atoms with van der Waals surface area (Å²) in [6.45, 7) is 10.8. The van der Waals surface area contributed by atoms with Gasteiger partial charge in [0.2, 0.25) is 0 Å². The third kappa shape index (κ3) is 3.30. The Balaban J connectivity index is 4.93. The van der Waals surface area contributed by atoms with Crippen LogP contribution in [-0.4, -0.2) is 28.9 Å². The van der Waals surface area contributed by atoms with E-state index >= 15 is 0 Å². The van der Waals surface area contributed by atoms with E-state index in [4.69, 9.17) is 0 Å². The smallest absolute Gasteiger partial charge is 0.0201 e. The Bertz CT molecular complexity index is 228. The molecule has 13 heavy (non-hydrogen) atoms. The van der Waals surface area contributed by atoms with Crippen LogP contribution in [0.2, 0.25) is 0 Å². The molecule has 80 valence electrons. The minimum atomic E-state index is -1.31. The van der Waals surface area contributed by atoms with Crippen molar-refractivity contribution in [2.75, 3.05) is 18.3 Å². The molecule has 0 saturated carbocycles. The maximum absolute atomic E-state index is 3.85. The van der Waals surface area contributed by atoms with Crippen molar-refractivity contribution in [3.8, 4) is 0 Å². The average Bonchev–Trinajstić information content (AvgIpc) is 2.01. The van der Waals surface area contributed by atoms with Gasteiger partial charge in [0.1, 0.15) is 0 Å². The van der Waals surface area contributed by atoms with Crippen LogP contribution in [0.4, 0.5) is 0 Å². The fraction of sp³-hybridized carbons (Fsp3) is 0.750. The van der Waals surface area contributed by atoms with Gasteiger partial charge in [0, 0.05) is 0 Å². The van der Waals surface area contributed by atoms with Crippen molar-refractivity contribution >= 4 is 14.1 Å². The topological polar surface area (TPSA) is 0 Å². The summed E-state index contributed by atoms with van der Waals surface area (Å²) in [5.41, 5.74) is 0. The van der Waals surface area contributed by atoms with E-state index < -0.39 is 8.75 Å². The summed E-state index contributed by atoms with van der Waals surface area (Å²) in [6, 6.07) is 0. The van der Waals surface area contributed by atoms with Crippen LogP contribution in [0.1, 0.15) is 33.6 Å². The quantitative estimate of drug-likeness (QED) is 0.470. The van der Waals surface area contributed by atoms with Crippen LogP contribution in [0.25, 0.3) is 0 Å². The molecule has 0 aromatic rings. The van der Waals surface area contributed by atoms with Gasteiger partial charge in [-0.3, -0.25) is 0 Å². The predicted octanol–water partition coefficient (Wildman–Crippen LogP) is 3.78. The number of allylic oxidation sites excluding steroid dienone is 1. The number of rotatable bonds is 5. The summed E-state index contributed by atoms with van der Waals surface area (Å²) in [6.07, 6.45) is 9.55. The highest BCUT2D eigenvalue weighted by molar-refractivity contribution is 8.46. The standard InChI is InChI=1S/C12H26S/c1-7-9-11-13(5,6,10-8-2)12(3)4/h8,10,12H,2,7,9,11H2,1,3-6H3. The van der Waals surface area contributed by atoms with Crippen LogP contribution in [0.5, 0.6) is 0 Å². The van der Waals surface area contributed by atoms with Crippen molar-refractivity contribution in [3.05, 3.63) is 12.7 Å². The van der Waals surface area contributed by atoms with E-state index in [0.717, 1.165) is 5.25 Å². The lowest BCUT2D eigenvalue weighted by Gasteiger charge is -2.46. The van der Waals surface area contributed by atoms with Crippen molar-refractivity contribution in [1.82, 2.24) is 0 Å². The molecule has 0 N–H and O–H groups in total. The highest BCUT2D eigenvalue weighted by Gasteiger charge is 2.24. The molecule has 0 spiro atoms. The molecule has 0 fully saturated rings. The molecule has 0 aliphatic carbocycles. The minimum absolute atomic E-state index is 0.765. The van der Waals surface area contributed by atoms with Crippen molar-refractivity contribution < 1.29 is 0 Å². The highest BCUT2D eigenvalue weighted by atomic mass is 32.3. The molecule has 0 rings (SSSR count). The lowest BCUT2D eigenvalue weighted by Crippen LogP contribution is -2.22. The molecule has 0 aliphatic rings. The monoisotopic (exact) mass is 202 g/mol. The summed E-state index contributed by atoms with van der Waals surface area (Å²) < 4.78 is 0. The largest absolute Gasteiger partial charge is 0.248 e. The molecule has 0 unspecified atom stereocenters. The lowest BCUT2D eigenvalue weighted by molar-refractivity contribution is 0.884. The van der Waals surface area contributed by atoms with E-state index in [2.05, 4.69) is 45.2 Å². The zero-order valence-corrected chi connectivity index (χ0v) is 10.8. The van der Waals surface area contributed by atoms with Gasteiger partial charge in [-0.2, -0.15) is 0 Å². The summed E-state index contributed by atoms with van der Waals surface area (Å²) in [5.74, 6) is 1.36. The highest BCUT2D eigenvalue weighted by Crippen LogP contribution is 2.56. The Kier molecular flexibility index (Phi) is 4.44. The fourth-order valence-corrected chi connectivity index (χ4v) is 4.13. The van der Waals surface area contributed by atoms with Gasteiger partial charge < -0.3 is 0 Å². The van der Waals surface area contributed by atoms with Gasteiger partial charge in [0.05, 0.1) is 0 Å². The predicted molar refractivity (Wildman–Crippen MR) is 70.6 cm³/mol. The fourth-order valence-electron chi connectivity index (χ4n) is 1.38. The van der Waals surface area contributed by atoms with Crippen molar-refractivity contribution in [2.24, 2.45) is 0 Å². The SMILES string of the molecule is C=CC=S(C)(C)(CCCC)C(C)C. The van der Waals surface area contributed by atoms with Crippen LogP contribution in [0, 0.1) is 0 Å². The average molecular weight is 202 g/mol. The maximum Gasteiger partial charge on any atom is -0.0201 e. The van der Waals surface area contributed by atoms with Gasteiger partial charge in [-0.05, 0) is 29.9 Å². The van der Waals surface area contributed by atoms with Crippen LogP contribution >= 0.6 is 8.75 Å². The summed E-state index contributed by atoms with van der Waals surface area (Å²) in [5, 5.41) is 3.15. The van der Waals surface area contributed by atoms with Crippen molar-refractivity contribution in [1.29, 1.82) is 0 Å². The molecule has 0 aliphatic heterocycles. The number of hydrogen-bond acceptors (Lipinski definition) is 0. The molecule has 1 heteroatoms. The summed E-state index contributed by atoms with van der Waals surface area (Å²) in [4.78, 5) is 0. The molecule has 0 aromatic carbocycles. The van der Waals surface area contributed by atoms with E-state index in [1.165, 1.54) is 18.6 Å². The van der Waals surface area contributed by atoms with Gasteiger partial charge in [0.15, 0.2) is 0 Å². The second kappa shape index (κ2) is 4.45. The second-order valence-electron chi connectivity index (χ2n) is 4.88. The first-order chi connectivity index (χ1) is 5.85. The van der Waals surface area contributed by atoms with Gasteiger partial charge in [0.25, 0.3) is 0 Å². The first-order valence-corrected chi connectivity index (χ1v) is 8.33. The third-order valence-electron chi connectivity index (χ3n) is 3.23. The van der Waals surface area contributed by atoms with E-state index in [9.17, 15) is 0 Å². The van der Waals surface area contributed by atoms with E-state index in [1.54, 1.807) is 0 Å². The summed E-state index contributed by atoms with van der Waals surface area (Å²) >= 11 is 0. The Morgan fingerprint density at radius 3 is 2.15 bits per heavy atom. The lowest BCUT2D eigenvalue weighted by atomic mass is 10.4. The van der Waals surface area contributed by atoms with Crippen molar-refractivity contribution in [2.45, 2.75) is 38.9 Å². The van der Waals surface area contributed by atoms with Gasteiger partial charge in [-0.1, -0.05) is 45.2 Å². The Labute approximate surface area is 84.3 Å². The molecule has 0 aromatic heterocycles. The van der Waals surface area contributed by atoms with E-state index in [-0.39, 0.29) is 0 Å². The first kappa shape index (κ1) is 13.0.